The third-order valence-electron chi connectivity index (χ3n) is 5.47. The first kappa shape index (κ1) is 22.4. The number of hydrogen-bond donors (Lipinski definition) is 2. The van der Waals surface area contributed by atoms with E-state index in [4.69, 9.17) is 4.74 Å². The number of carbonyl (C=O) groups is 1. The molecular formula is C23H29IN4O2. The van der Waals surface area contributed by atoms with Gasteiger partial charge in [0.05, 0.1) is 6.54 Å². The number of nitrogens with zero attached hydrogens (tertiary/aromatic N) is 2. The van der Waals surface area contributed by atoms with Gasteiger partial charge < -0.3 is 20.3 Å². The zero-order chi connectivity index (χ0) is 20.1. The van der Waals surface area contributed by atoms with Gasteiger partial charge in [-0.3, -0.25) is 9.79 Å². The molecule has 6 nitrogen and oxygen atoms in total. The van der Waals surface area contributed by atoms with E-state index in [-0.39, 0.29) is 36.0 Å². The highest BCUT2D eigenvalue weighted by atomic mass is 127. The average molecular weight is 520 g/mol. The van der Waals surface area contributed by atoms with Crippen LogP contribution in [0.1, 0.15) is 30.4 Å². The second-order valence-electron chi connectivity index (χ2n) is 7.53. The predicted molar refractivity (Wildman–Crippen MR) is 131 cm³/mol. The summed E-state index contributed by atoms with van der Waals surface area (Å²) in [4.78, 5) is 18.3. The fourth-order valence-electron chi connectivity index (χ4n) is 3.86. The van der Waals surface area contributed by atoms with Crippen LogP contribution in [0, 0.1) is 0 Å². The third kappa shape index (κ3) is 5.44. The zero-order valence-electron chi connectivity index (χ0n) is 17.3. The number of carbonyl (C=O) groups excluding carboxylic acids is 1. The van der Waals surface area contributed by atoms with Crippen LogP contribution >= 0.6 is 24.0 Å². The van der Waals surface area contributed by atoms with Gasteiger partial charge >= 0.3 is 0 Å². The van der Waals surface area contributed by atoms with Crippen LogP contribution in [0.4, 0.5) is 5.69 Å². The van der Waals surface area contributed by atoms with E-state index in [2.05, 4.69) is 33.8 Å². The fourth-order valence-corrected chi connectivity index (χ4v) is 3.86. The SMILES string of the molecule is CN=C(NCc1ccc(N2CCCCC2=O)cc1)NCC1Cc2ccccc2O1.I. The van der Waals surface area contributed by atoms with Crippen molar-refractivity contribution < 1.29 is 9.53 Å². The first-order valence-electron chi connectivity index (χ1n) is 10.3. The van der Waals surface area contributed by atoms with Crippen LogP contribution in [0.2, 0.25) is 0 Å². The number of benzene rings is 2. The molecule has 2 aromatic rings. The monoisotopic (exact) mass is 520 g/mol. The molecule has 1 saturated heterocycles. The number of rotatable bonds is 5. The maximum Gasteiger partial charge on any atom is 0.226 e. The predicted octanol–water partition coefficient (Wildman–Crippen LogP) is 3.49. The van der Waals surface area contributed by atoms with Crippen LogP contribution in [-0.4, -0.2) is 38.1 Å². The number of amides is 1. The van der Waals surface area contributed by atoms with Crippen LogP contribution in [0.15, 0.2) is 53.5 Å². The van der Waals surface area contributed by atoms with Crippen LogP contribution in [0.3, 0.4) is 0 Å². The van der Waals surface area contributed by atoms with E-state index in [0.29, 0.717) is 19.5 Å². The Kier molecular flexibility index (Phi) is 7.95. The van der Waals surface area contributed by atoms with Gasteiger partial charge in [-0.1, -0.05) is 30.3 Å². The Labute approximate surface area is 195 Å². The molecule has 2 aliphatic heterocycles. The molecule has 4 rings (SSSR count). The Morgan fingerprint density at radius 3 is 2.67 bits per heavy atom. The van der Waals surface area contributed by atoms with Gasteiger partial charge in [0.1, 0.15) is 11.9 Å². The molecule has 0 radical (unpaired) electrons. The number of nitrogens with one attached hydrogen (secondary N) is 2. The minimum absolute atomic E-state index is 0. The molecule has 30 heavy (non-hydrogen) atoms. The third-order valence-corrected chi connectivity index (χ3v) is 5.47. The van der Waals surface area contributed by atoms with E-state index in [9.17, 15) is 4.79 Å². The summed E-state index contributed by atoms with van der Waals surface area (Å²) in [7, 11) is 1.77. The number of halogens is 1. The van der Waals surface area contributed by atoms with Crippen molar-refractivity contribution in [2.75, 3.05) is 25.0 Å². The molecular weight excluding hydrogens is 491 g/mol. The van der Waals surface area contributed by atoms with Crippen LogP contribution in [-0.2, 0) is 17.8 Å². The first-order chi connectivity index (χ1) is 14.2. The van der Waals surface area contributed by atoms with Crippen molar-refractivity contribution >= 4 is 41.5 Å². The summed E-state index contributed by atoms with van der Waals surface area (Å²) in [6.45, 7) is 2.18. The normalized spacial score (nSPS) is 18.3. The Hall–Kier alpha value is -2.29. The van der Waals surface area contributed by atoms with Crippen molar-refractivity contribution in [2.24, 2.45) is 4.99 Å². The molecule has 2 aromatic carbocycles. The molecule has 2 N–H and O–H groups in total. The molecule has 1 amide bonds. The molecule has 0 saturated carbocycles. The highest BCUT2D eigenvalue weighted by Crippen LogP contribution is 2.27. The van der Waals surface area contributed by atoms with E-state index in [0.717, 1.165) is 48.8 Å². The molecule has 2 aliphatic rings. The average Bonchev–Trinajstić information content (AvgIpc) is 3.18. The summed E-state index contributed by atoms with van der Waals surface area (Å²) in [6.07, 6.45) is 3.76. The highest BCUT2D eigenvalue weighted by Gasteiger charge is 2.22. The standard InChI is InChI=1S/C23H28N4O2.HI/c1-24-23(26-16-20-14-18-6-2-3-7-21(18)29-20)25-15-17-9-11-19(12-10-17)27-13-5-4-8-22(27)28;/h2-3,6-7,9-12,20H,4-5,8,13-16H2,1H3,(H2,24,25,26);1H. The molecule has 2 heterocycles. The van der Waals surface area contributed by atoms with Crippen molar-refractivity contribution in [1.29, 1.82) is 0 Å². The second kappa shape index (κ2) is 10.7. The summed E-state index contributed by atoms with van der Waals surface area (Å²) in [5.74, 6) is 1.96. The number of guanidine groups is 1. The molecule has 160 valence electrons. The van der Waals surface area contributed by atoms with E-state index < -0.39 is 0 Å². The molecule has 1 fully saturated rings. The summed E-state index contributed by atoms with van der Waals surface area (Å²) < 4.78 is 5.97. The van der Waals surface area contributed by atoms with Crippen LogP contribution in [0.25, 0.3) is 0 Å². The van der Waals surface area contributed by atoms with Gasteiger partial charge in [0, 0.05) is 38.7 Å². The first-order valence-corrected chi connectivity index (χ1v) is 10.3. The minimum atomic E-state index is 0. The molecule has 1 unspecified atom stereocenters. The largest absolute Gasteiger partial charge is 0.488 e. The van der Waals surface area contributed by atoms with Crippen LogP contribution in [0.5, 0.6) is 5.75 Å². The minimum Gasteiger partial charge on any atom is -0.488 e. The van der Waals surface area contributed by atoms with Gasteiger partial charge in [-0.25, -0.2) is 0 Å². The summed E-state index contributed by atoms with van der Waals surface area (Å²) in [6, 6.07) is 16.4. The Morgan fingerprint density at radius 2 is 1.93 bits per heavy atom. The number of anilines is 1. The number of hydrogen-bond acceptors (Lipinski definition) is 3. The number of piperidine rings is 1. The molecule has 0 aromatic heterocycles. The van der Waals surface area contributed by atoms with Gasteiger partial charge in [-0.2, -0.15) is 0 Å². The van der Waals surface area contributed by atoms with Gasteiger partial charge in [0.25, 0.3) is 0 Å². The lowest BCUT2D eigenvalue weighted by atomic mass is 10.1. The van der Waals surface area contributed by atoms with Gasteiger partial charge in [-0.15, -0.1) is 24.0 Å². The van der Waals surface area contributed by atoms with Crippen molar-refractivity contribution in [3.63, 3.8) is 0 Å². The lowest BCUT2D eigenvalue weighted by Crippen LogP contribution is -2.41. The molecule has 1 atom stereocenters. The van der Waals surface area contributed by atoms with E-state index in [1.54, 1.807) is 7.05 Å². The summed E-state index contributed by atoms with van der Waals surface area (Å²) in [5.41, 5.74) is 3.39. The molecule has 0 spiro atoms. The van der Waals surface area contributed by atoms with E-state index >= 15 is 0 Å². The Morgan fingerprint density at radius 1 is 1.13 bits per heavy atom. The Balaban J connectivity index is 0.00000256. The molecule has 0 aliphatic carbocycles. The smallest absolute Gasteiger partial charge is 0.226 e. The fraction of sp³-hybridized carbons (Fsp3) is 0.391. The number of fused-ring (bicyclic) bond motifs is 1. The molecule has 7 heteroatoms. The van der Waals surface area contributed by atoms with Gasteiger partial charge in [-0.05, 0) is 42.2 Å². The van der Waals surface area contributed by atoms with Crippen molar-refractivity contribution in [3.8, 4) is 5.75 Å². The number of ether oxygens (including phenoxy) is 1. The van der Waals surface area contributed by atoms with Gasteiger partial charge in [0.2, 0.25) is 5.91 Å². The lowest BCUT2D eigenvalue weighted by molar-refractivity contribution is -0.119. The maximum absolute atomic E-state index is 12.1. The highest BCUT2D eigenvalue weighted by molar-refractivity contribution is 14.0. The topological polar surface area (TPSA) is 66.0 Å². The van der Waals surface area contributed by atoms with Crippen molar-refractivity contribution in [1.82, 2.24) is 10.6 Å². The maximum atomic E-state index is 12.1. The molecule has 0 bridgehead atoms. The van der Waals surface area contributed by atoms with Crippen LogP contribution < -0.4 is 20.3 Å². The zero-order valence-corrected chi connectivity index (χ0v) is 19.6. The summed E-state index contributed by atoms with van der Waals surface area (Å²) in [5, 5.41) is 6.69. The Bertz CT molecular complexity index is 860. The van der Waals surface area contributed by atoms with E-state index in [1.165, 1.54) is 5.56 Å². The summed E-state index contributed by atoms with van der Waals surface area (Å²) >= 11 is 0. The lowest BCUT2D eigenvalue weighted by Gasteiger charge is -2.26. The second-order valence-corrected chi connectivity index (χ2v) is 7.53. The number of para-hydroxylation sites is 1. The quantitative estimate of drug-likeness (QED) is 0.360. The van der Waals surface area contributed by atoms with Crippen molar-refractivity contribution in [2.45, 2.75) is 38.3 Å². The van der Waals surface area contributed by atoms with E-state index in [1.807, 2.05) is 35.2 Å². The van der Waals surface area contributed by atoms with Gasteiger partial charge in [0.15, 0.2) is 5.96 Å². The van der Waals surface area contributed by atoms with Crippen molar-refractivity contribution in [3.05, 3.63) is 59.7 Å². The number of aliphatic imine (C=N–C) groups is 1.